The Morgan fingerprint density at radius 2 is 2.17 bits per heavy atom. The summed E-state index contributed by atoms with van der Waals surface area (Å²) in [5.74, 6) is -0.114. The van der Waals surface area contributed by atoms with Gasteiger partial charge in [-0.3, -0.25) is 9.78 Å². The molecule has 2 aromatic rings. The first kappa shape index (κ1) is 15.7. The number of hydrogen-bond donors (Lipinski definition) is 2. The number of nitrogens with zero attached hydrogens (tertiary/aromatic N) is 1. The van der Waals surface area contributed by atoms with E-state index in [0.29, 0.717) is 17.0 Å². The fourth-order valence-electron chi connectivity index (χ4n) is 2.66. The Morgan fingerprint density at radius 1 is 1.30 bits per heavy atom. The van der Waals surface area contributed by atoms with Crippen LogP contribution in [0.15, 0.2) is 54.7 Å². The van der Waals surface area contributed by atoms with E-state index >= 15 is 0 Å². The number of carbonyl (C=O) groups excluding carboxylic acids is 1. The van der Waals surface area contributed by atoms with Crippen molar-refractivity contribution < 1.29 is 9.90 Å². The molecule has 0 radical (unpaired) electrons. The number of hydrogen-bond acceptors (Lipinski definition) is 3. The zero-order valence-electron chi connectivity index (χ0n) is 12.4. The van der Waals surface area contributed by atoms with Crippen LogP contribution in [0.3, 0.4) is 0 Å². The summed E-state index contributed by atoms with van der Waals surface area (Å²) >= 11 is 6.18. The lowest BCUT2D eigenvalue weighted by Crippen LogP contribution is -2.33. The van der Waals surface area contributed by atoms with Crippen LogP contribution in [0.25, 0.3) is 11.3 Å². The van der Waals surface area contributed by atoms with Crippen molar-refractivity contribution in [1.29, 1.82) is 0 Å². The van der Waals surface area contributed by atoms with Gasteiger partial charge in [-0.2, -0.15) is 0 Å². The Labute approximate surface area is 139 Å². The second-order valence-electron chi connectivity index (χ2n) is 5.55. The molecule has 1 aromatic heterocycles. The molecule has 0 aliphatic heterocycles. The van der Waals surface area contributed by atoms with E-state index in [2.05, 4.69) is 10.3 Å². The van der Waals surface area contributed by atoms with Gasteiger partial charge >= 0.3 is 0 Å². The number of halogens is 1. The zero-order valence-corrected chi connectivity index (χ0v) is 13.2. The summed E-state index contributed by atoms with van der Waals surface area (Å²) in [6.07, 6.45) is 6.26. The molecule has 1 heterocycles. The van der Waals surface area contributed by atoms with Crippen molar-refractivity contribution in [3.8, 4) is 11.3 Å². The quantitative estimate of drug-likeness (QED) is 0.848. The van der Waals surface area contributed by atoms with Crippen molar-refractivity contribution in [2.24, 2.45) is 5.92 Å². The number of aromatic nitrogens is 1. The second-order valence-corrected chi connectivity index (χ2v) is 5.96. The Bertz CT molecular complexity index is 731. The lowest BCUT2D eigenvalue weighted by atomic mass is 10.1. The number of rotatable bonds is 4. The molecule has 5 heteroatoms. The summed E-state index contributed by atoms with van der Waals surface area (Å²) in [5.41, 5.74) is 2.06. The maximum atomic E-state index is 12.5. The van der Waals surface area contributed by atoms with E-state index < -0.39 is 0 Å². The Balaban J connectivity index is 1.79. The number of carbonyl (C=O) groups is 1. The minimum absolute atomic E-state index is 0.0748. The molecule has 1 aliphatic carbocycles. The Hall–Kier alpha value is -2.17. The van der Waals surface area contributed by atoms with Crippen molar-refractivity contribution in [2.75, 3.05) is 6.61 Å². The standard InChI is InChI=1S/C18H17ClN2O2/c19-16-7-5-13(17-3-1-2-8-20-17)10-15(16)18(23)21-14-6-4-12(9-14)11-22/h1-8,10,12,14,22H,9,11H2,(H,21,23)/t12-,14+/m0/s1. The number of benzene rings is 1. The van der Waals surface area contributed by atoms with Gasteiger partial charge in [0.1, 0.15) is 0 Å². The highest BCUT2D eigenvalue weighted by Gasteiger charge is 2.21. The molecule has 23 heavy (non-hydrogen) atoms. The van der Waals surface area contributed by atoms with Gasteiger partial charge in [-0.05, 0) is 30.7 Å². The van der Waals surface area contributed by atoms with Gasteiger partial charge in [0.15, 0.2) is 0 Å². The molecule has 0 unspecified atom stereocenters. The number of aliphatic hydroxyl groups is 1. The fourth-order valence-corrected chi connectivity index (χ4v) is 2.86. The van der Waals surface area contributed by atoms with Gasteiger partial charge in [0, 0.05) is 30.3 Å². The van der Waals surface area contributed by atoms with Crippen molar-refractivity contribution in [3.05, 3.63) is 65.3 Å². The van der Waals surface area contributed by atoms with Crippen LogP contribution in [-0.4, -0.2) is 28.6 Å². The monoisotopic (exact) mass is 328 g/mol. The third-order valence-corrected chi connectivity index (χ3v) is 4.22. The van der Waals surface area contributed by atoms with Crippen molar-refractivity contribution in [2.45, 2.75) is 12.5 Å². The smallest absolute Gasteiger partial charge is 0.253 e. The van der Waals surface area contributed by atoms with E-state index in [-0.39, 0.29) is 24.5 Å². The summed E-state index contributed by atoms with van der Waals surface area (Å²) in [7, 11) is 0. The van der Waals surface area contributed by atoms with Crippen LogP contribution < -0.4 is 5.32 Å². The molecule has 1 aromatic carbocycles. The van der Waals surface area contributed by atoms with Gasteiger partial charge in [-0.15, -0.1) is 0 Å². The fraction of sp³-hybridized carbons (Fsp3) is 0.222. The van der Waals surface area contributed by atoms with Crippen LogP contribution in [0.4, 0.5) is 0 Å². The molecule has 0 fully saturated rings. The Morgan fingerprint density at radius 3 is 2.87 bits per heavy atom. The SMILES string of the molecule is O=C(N[C@@H]1C=C[C@H](CO)C1)c1cc(-c2ccccn2)ccc1Cl. The average molecular weight is 329 g/mol. The largest absolute Gasteiger partial charge is 0.396 e. The van der Waals surface area contributed by atoms with Crippen LogP contribution in [0.1, 0.15) is 16.8 Å². The molecule has 0 saturated heterocycles. The molecule has 2 atom stereocenters. The zero-order chi connectivity index (χ0) is 16.2. The minimum Gasteiger partial charge on any atom is -0.396 e. The van der Waals surface area contributed by atoms with Gasteiger partial charge in [0.25, 0.3) is 5.91 Å². The molecule has 0 saturated carbocycles. The molecular weight excluding hydrogens is 312 g/mol. The first-order valence-electron chi connectivity index (χ1n) is 7.48. The molecule has 1 aliphatic rings. The van der Waals surface area contributed by atoms with Crippen molar-refractivity contribution in [1.82, 2.24) is 10.3 Å². The predicted molar refractivity (Wildman–Crippen MR) is 90.3 cm³/mol. The number of aliphatic hydroxyl groups excluding tert-OH is 1. The summed E-state index contributed by atoms with van der Waals surface area (Å²) < 4.78 is 0. The van der Waals surface area contributed by atoms with E-state index in [9.17, 15) is 4.79 Å². The summed E-state index contributed by atoms with van der Waals surface area (Å²) in [5, 5.41) is 12.5. The molecule has 0 spiro atoms. The highest BCUT2D eigenvalue weighted by molar-refractivity contribution is 6.34. The highest BCUT2D eigenvalue weighted by atomic mass is 35.5. The van der Waals surface area contributed by atoms with Crippen LogP contribution in [0.5, 0.6) is 0 Å². The predicted octanol–water partition coefficient (Wildman–Crippen LogP) is 3.07. The summed E-state index contributed by atoms with van der Waals surface area (Å²) in [4.78, 5) is 16.8. The topological polar surface area (TPSA) is 62.2 Å². The number of amides is 1. The molecule has 4 nitrogen and oxygen atoms in total. The van der Waals surface area contributed by atoms with Gasteiger partial charge in [-0.1, -0.05) is 35.9 Å². The van der Waals surface area contributed by atoms with Crippen LogP contribution in [0.2, 0.25) is 5.02 Å². The maximum Gasteiger partial charge on any atom is 0.253 e. The van der Waals surface area contributed by atoms with E-state index in [1.54, 1.807) is 18.3 Å². The highest BCUT2D eigenvalue weighted by Crippen LogP contribution is 2.25. The first-order chi connectivity index (χ1) is 11.2. The third-order valence-electron chi connectivity index (χ3n) is 3.89. The molecule has 118 valence electrons. The van der Waals surface area contributed by atoms with Gasteiger partial charge < -0.3 is 10.4 Å². The molecular formula is C18H17ClN2O2. The van der Waals surface area contributed by atoms with Gasteiger partial charge in [0.05, 0.1) is 16.3 Å². The van der Waals surface area contributed by atoms with E-state index in [4.69, 9.17) is 16.7 Å². The third kappa shape index (κ3) is 3.60. The normalized spacial score (nSPS) is 19.7. The van der Waals surface area contributed by atoms with Crippen molar-refractivity contribution >= 4 is 17.5 Å². The van der Waals surface area contributed by atoms with E-state index in [1.807, 2.05) is 36.4 Å². The van der Waals surface area contributed by atoms with Crippen LogP contribution >= 0.6 is 11.6 Å². The van der Waals surface area contributed by atoms with Crippen LogP contribution in [0, 0.1) is 5.92 Å². The van der Waals surface area contributed by atoms with E-state index in [1.165, 1.54) is 0 Å². The molecule has 3 rings (SSSR count). The lowest BCUT2D eigenvalue weighted by Gasteiger charge is -2.14. The first-order valence-corrected chi connectivity index (χ1v) is 7.86. The summed E-state index contributed by atoms with van der Waals surface area (Å²) in [6, 6.07) is 10.9. The maximum absolute atomic E-state index is 12.5. The lowest BCUT2D eigenvalue weighted by molar-refractivity contribution is 0.0941. The van der Waals surface area contributed by atoms with E-state index in [0.717, 1.165) is 11.3 Å². The number of nitrogens with one attached hydrogen (secondary N) is 1. The molecule has 1 amide bonds. The van der Waals surface area contributed by atoms with Gasteiger partial charge in [-0.25, -0.2) is 0 Å². The number of pyridine rings is 1. The molecule has 0 bridgehead atoms. The molecule has 2 N–H and O–H groups in total. The Kier molecular flexibility index (Phi) is 4.74. The van der Waals surface area contributed by atoms with Gasteiger partial charge in [0.2, 0.25) is 0 Å². The summed E-state index contributed by atoms with van der Waals surface area (Å²) in [6.45, 7) is 0.0960. The average Bonchev–Trinajstić information content (AvgIpc) is 3.03. The minimum atomic E-state index is -0.221. The van der Waals surface area contributed by atoms with Crippen molar-refractivity contribution in [3.63, 3.8) is 0 Å². The van der Waals surface area contributed by atoms with Crippen LogP contribution in [-0.2, 0) is 0 Å². The second kappa shape index (κ2) is 6.94.